The lowest BCUT2D eigenvalue weighted by Gasteiger charge is -2.14. The van der Waals surface area contributed by atoms with Crippen LogP contribution in [0.15, 0.2) is 36.4 Å². The van der Waals surface area contributed by atoms with E-state index in [1.165, 1.54) is 21.9 Å². The Balaban J connectivity index is 2.33. The molecule has 0 fully saturated rings. The topological polar surface area (TPSA) is 3.24 Å². The number of aryl methyl sites for hydroxylation is 1. The summed E-state index contributed by atoms with van der Waals surface area (Å²) in [6, 6.07) is 13.4. The second-order valence-corrected chi connectivity index (χ2v) is 4.52. The fourth-order valence-corrected chi connectivity index (χ4v) is 1.94. The van der Waals surface area contributed by atoms with Crippen molar-refractivity contribution in [2.24, 2.45) is 0 Å². The Labute approximate surface area is 97.7 Å². The Bertz CT molecular complexity index is 488. The van der Waals surface area contributed by atoms with Gasteiger partial charge in [0, 0.05) is 6.54 Å². The van der Waals surface area contributed by atoms with Crippen molar-refractivity contribution < 1.29 is 0 Å². The van der Waals surface area contributed by atoms with E-state index in [0.29, 0.717) is 0 Å². The maximum Gasteiger partial charge on any atom is 0.0230 e. The first-order valence-corrected chi connectivity index (χ1v) is 5.87. The van der Waals surface area contributed by atoms with Gasteiger partial charge in [-0.3, -0.25) is 0 Å². The summed E-state index contributed by atoms with van der Waals surface area (Å²) < 4.78 is 0. The van der Waals surface area contributed by atoms with E-state index in [1.807, 2.05) is 0 Å². The normalized spacial score (nSPS) is 11.2. The van der Waals surface area contributed by atoms with Gasteiger partial charge in [0.25, 0.3) is 0 Å². The summed E-state index contributed by atoms with van der Waals surface area (Å²) in [7, 11) is 2.15. The van der Waals surface area contributed by atoms with Gasteiger partial charge < -0.3 is 4.90 Å². The van der Waals surface area contributed by atoms with Crippen molar-refractivity contribution in [3.63, 3.8) is 0 Å². The van der Waals surface area contributed by atoms with Crippen LogP contribution in [-0.4, -0.2) is 18.5 Å². The van der Waals surface area contributed by atoms with Crippen LogP contribution in [0.25, 0.3) is 10.8 Å². The molecule has 0 heterocycles. The summed E-state index contributed by atoms with van der Waals surface area (Å²) in [6.07, 6.45) is 0. The summed E-state index contributed by atoms with van der Waals surface area (Å²) in [5.41, 5.74) is 2.71. The van der Waals surface area contributed by atoms with Crippen LogP contribution in [0, 0.1) is 6.92 Å². The highest BCUT2D eigenvalue weighted by Crippen LogP contribution is 2.18. The monoisotopic (exact) mass is 213 g/mol. The Morgan fingerprint density at radius 1 is 1.00 bits per heavy atom. The zero-order valence-electron chi connectivity index (χ0n) is 10.3. The van der Waals surface area contributed by atoms with E-state index in [1.54, 1.807) is 0 Å². The lowest BCUT2D eigenvalue weighted by molar-refractivity contribution is 0.346. The van der Waals surface area contributed by atoms with E-state index in [0.717, 1.165) is 13.1 Å². The SMILES string of the molecule is CCN(C)Cc1ccc2cc(C)ccc2c1. The Hall–Kier alpha value is -1.34. The fourth-order valence-electron chi connectivity index (χ4n) is 1.94. The Morgan fingerprint density at radius 2 is 1.69 bits per heavy atom. The molecular formula is C15H19N. The maximum absolute atomic E-state index is 2.31. The Kier molecular flexibility index (Phi) is 3.25. The van der Waals surface area contributed by atoms with Gasteiger partial charge in [0.2, 0.25) is 0 Å². The van der Waals surface area contributed by atoms with Crippen molar-refractivity contribution in [1.29, 1.82) is 0 Å². The highest BCUT2D eigenvalue weighted by molar-refractivity contribution is 5.83. The standard InChI is InChI=1S/C15H19N/c1-4-16(3)11-13-6-8-14-9-12(2)5-7-15(14)10-13/h5-10H,4,11H2,1-3H3. The van der Waals surface area contributed by atoms with Crippen molar-refractivity contribution in [2.45, 2.75) is 20.4 Å². The van der Waals surface area contributed by atoms with E-state index in [9.17, 15) is 0 Å². The molecule has 0 saturated heterocycles. The van der Waals surface area contributed by atoms with Crippen LogP contribution in [0.5, 0.6) is 0 Å². The minimum absolute atomic E-state index is 1.03. The molecule has 2 rings (SSSR count). The van der Waals surface area contributed by atoms with Gasteiger partial charge in [-0.25, -0.2) is 0 Å². The van der Waals surface area contributed by atoms with Crippen LogP contribution in [0.3, 0.4) is 0 Å². The summed E-state index contributed by atoms with van der Waals surface area (Å²) in [5.74, 6) is 0. The van der Waals surface area contributed by atoms with Crippen LogP contribution >= 0.6 is 0 Å². The van der Waals surface area contributed by atoms with Crippen LogP contribution in [0.4, 0.5) is 0 Å². The average molecular weight is 213 g/mol. The second kappa shape index (κ2) is 4.67. The fraction of sp³-hybridized carbons (Fsp3) is 0.333. The van der Waals surface area contributed by atoms with Crippen molar-refractivity contribution in [1.82, 2.24) is 4.90 Å². The first kappa shape index (κ1) is 11.2. The van der Waals surface area contributed by atoms with Crippen LogP contribution in [0.2, 0.25) is 0 Å². The van der Waals surface area contributed by atoms with Gasteiger partial charge in [-0.1, -0.05) is 42.8 Å². The first-order valence-electron chi connectivity index (χ1n) is 5.87. The van der Waals surface area contributed by atoms with Crippen molar-refractivity contribution >= 4 is 10.8 Å². The smallest absolute Gasteiger partial charge is 0.0230 e. The maximum atomic E-state index is 2.31. The van der Waals surface area contributed by atoms with Crippen molar-refractivity contribution in [2.75, 3.05) is 13.6 Å². The molecule has 0 spiro atoms. The third-order valence-corrected chi connectivity index (χ3v) is 3.05. The van der Waals surface area contributed by atoms with Crippen LogP contribution in [-0.2, 0) is 6.54 Å². The van der Waals surface area contributed by atoms with Gasteiger partial charge in [-0.15, -0.1) is 0 Å². The molecular weight excluding hydrogens is 194 g/mol. The average Bonchev–Trinajstić information content (AvgIpc) is 2.29. The van der Waals surface area contributed by atoms with E-state index < -0.39 is 0 Å². The molecule has 84 valence electrons. The summed E-state index contributed by atoms with van der Waals surface area (Å²) in [6.45, 7) is 6.44. The molecule has 0 aliphatic carbocycles. The van der Waals surface area contributed by atoms with Gasteiger partial charge in [0.05, 0.1) is 0 Å². The molecule has 0 aliphatic rings. The molecule has 1 heteroatoms. The number of nitrogens with zero attached hydrogens (tertiary/aromatic N) is 1. The second-order valence-electron chi connectivity index (χ2n) is 4.52. The van der Waals surface area contributed by atoms with Gasteiger partial charge in [0.1, 0.15) is 0 Å². The predicted octanol–water partition coefficient (Wildman–Crippen LogP) is 3.60. The lowest BCUT2D eigenvalue weighted by atomic mass is 10.0. The lowest BCUT2D eigenvalue weighted by Crippen LogP contribution is -2.16. The molecule has 0 N–H and O–H groups in total. The number of fused-ring (bicyclic) bond motifs is 1. The third-order valence-electron chi connectivity index (χ3n) is 3.05. The number of benzene rings is 2. The van der Waals surface area contributed by atoms with Gasteiger partial charge in [-0.05, 0) is 42.9 Å². The minimum Gasteiger partial charge on any atom is -0.302 e. The first-order chi connectivity index (χ1) is 7.69. The molecule has 0 amide bonds. The molecule has 0 atom stereocenters. The summed E-state index contributed by atoms with van der Waals surface area (Å²) in [5, 5.41) is 2.68. The van der Waals surface area contributed by atoms with Gasteiger partial charge in [0.15, 0.2) is 0 Å². The zero-order chi connectivity index (χ0) is 11.5. The molecule has 2 aromatic carbocycles. The number of hydrogen-bond donors (Lipinski definition) is 0. The zero-order valence-corrected chi connectivity index (χ0v) is 10.3. The van der Waals surface area contributed by atoms with E-state index >= 15 is 0 Å². The molecule has 1 nitrogen and oxygen atoms in total. The van der Waals surface area contributed by atoms with E-state index in [-0.39, 0.29) is 0 Å². The highest BCUT2D eigenvalue weighted by atomic mass is 15.1. The molecule has 0 bridgehead atoms. The number of hydrogen-bond acceptors (Lipinski definition) is 1. The summed E-state index contributed by atoms with van der Waals surface area (Å²) in [4.78, 5) is 2.31. The van der Waals surface area contributed by atoms with Crippen molar-refractivity contribution in [3.8, 4) is 0 Å². The molecule has 2 aromatic rings. The predicted molar refractivity (Wildman–Crippen MR) is 70.7 cm³/mol. The molecule has 0 aromatic heterocycles. The molecule has 0 unspecified atom stereocenters. The van der Waals surface area contributed by atoms with Crippen LogP contribution < -0.4 is 0 Å². The highest BCUT2D eigenvalue weighted by Gasteiger charge is 1.99. The molecule has 0 aliphatic heterocycles. The molecule has 16 heavy (non-hydrogen) atoms. The Morgan fingerprint density at radius 3 is 2.44 bits per heavy atom. The molecule has 0 radical (unpaired) electrons. The van der Waals surface area contributed by atoms with Gasteiger partial charge in [-0.2, -0.15) is 0 Å². The van der Waals surface area contributed by atoms with Crippen molar-refractivity contribution in [3.05, 3.63) is 47.5 Å². The minimum atomic E-state index is 1.03. The van der Waals surface area contributed by atoms with E-state index in [4.69, 9.17) is 0 Å². The summed E-state index contributed by atoms with van der Waals surface area (Å²) >= 11 is 0. The van der Waals surface area contributed by atoms with E-state index in [2.05, 4.69) is 62.2 Å². The molecule has 0 saturated carbocycles. The van der Waals surface area contributed by atoms with Gasteiger partial charge >= 0.3 is 0 Å². The van der Waals surface area contributed by atoms with Crippen LogP contribution in [0.1, 0.15) is 18.1 Å². The largest absolute Gasteiger partial charge is 0.302 e. The number of rotatable bonds is 3. The quantitative estimate of drug-likeness (QED) is 0.753. The third kappa shape index (κ3) is 2.42.